The van der Waals surface area contributed by atoms with Crippen LogP contribution in [0.15, 0.2) is 24.3 Å². The molecule has 0 radical (unpaired) electrons. The molecule has 4 heteroatoms. The number of para-hydroxylation sites is 1. The number of aliphatic hydroxyl groups excluding tert-OH is 1. The lowest BCUT2D eigenvalue weighted by molar-refractivity contribution is 0.270. The Morgan fingerprint density at radius 1 is 1.32 bits per heavy atom. The van der Waals surface area contributed by atoms with Crippen molar-refractivity contribution in [2.75, 3.05) is 19.5 Å². The second-order valence-electron chi connectivity index (χ2n) is 4.60. The van der Waals surface area contributed by atoms with Crippen molar-refractivity contribution in [2.24, 2.45) is 0 Å². The zero-order chi connectivity index (χ0) is 14.3. The zero-order valence-corrected chi connectivity index (χ0v) is 13.0. The molecule has 0 aliphatic rings. The highest BCUT2D eigenvalue weighted by molar-refractivity contribution is 7.99. The van der Waals surface area contributed by atoms with E-state index in [9.17, 15) is 5.11 Å². The summed E-state index contributed by atoms with van der Waals surface area (Å²) in [4.78, 5) is 0. The van der Waals surface area contributed by atoms with E-state index in [1.165, 1.54) is 0 Å². The van der Waals surface area contributed by atoms with Crippen molar-refractivity contribution in [1.82, 2.24) is 5.32 Å². The van der Waals surface area contributed by atoms with Gasteiger partial charge in [-0.05, 0) is 33.1 Å². The van der Waals surface area contributed by atoms with Crippen molar-refractivity contribution >= 4 is 11.8 Å². The maximum Gasteiger partial charge on any atom is 0.124 e. The maximum absolute atomic E-state index is 9.33. The van der Waals surface area contributed by atoms with Gasteiger partial charge in [0.2, 0.25) is 0 Å². The van der Waals surface area contributed by atoms with Crippen LogP contribution in [0, 0.1) is 0 Å². The molecule has 0 amide bonds. The minimum absolute atomic E-state index is 0.190. The van der Waals surface area contributed by atoms with Crippen LogP contribution in [0.2, 0.25) is 0 Å². The number of hydrogen-bond donors (Lipinski definition) is 2. The Morgan fingerprint density at radius 3 is 2.58 bits per heavy atom. The summed E-state index contributed by atoms with van der Waals surface area (Å²) in [6.07, 6.45) is 2.03. The summed E-state index contributed by atoms with van der Waals surface area (Å²) < 4.78 is 5.66. The van der Waals surface area contributed by atoms with Gasteiger partial charge in [-0.2, -0.15) is 11.8 Å². The van der Waals surface area contributed by atoms with Gasteiger partial charge in [-0.1, -0.05) is 18.2 Å². The highest BCUT2D eigenvalue weighted by Crippen LogP contribution is 2.26. The summed E-state index contributed by atoms with van der Waals surface area (Å²) >= 11 is 1.69. The maximum atomic E-state index is 9.33. The fraction of sp³-hybridized carbons (Fsp3) is 0.600. The quantitative estimate of drug-likeness (QED) is 0.770. The molecule has 19 heavy (non-hydrogen) atoms. The first kappa shape index (κ1) is 16.3. The smallest absolute Gasteiger partial charge is 0.124 e. The summed E-state index contributed by atoms with van der Waals surface area (Å²) in [7, 11) is 0. The summed E-state index contributed by atoms with van der Waals surface area (Å²) in [5, 5.41) is 13.1. The first-order valence-electron chi connectivity index (χ1n) is 6.75. The number of nitrogens with one attached hydrogen (secondary N) is 1. The molecule has 2 N–H and O–H groups in total. The van der Waals surface area contributed by atoms with Gasteiger partial charge in [0.25, 0.3) is 0 Å². The molecule has 0 bridgehead atoms. The third kappa shape index (κ3) is 4.71. The van der Waals surface area contributed by atoms with Crippen molar-refractivity contribution in [3.63, 3.8) is 0 Å². The number of thioether (sulfide) groups is 1. The average molecular weight is 283 g/mol. The lowest BCUT2D eigenvalue weighted by Crippen LogP contribution is -2.39. The van der Waals surface area contributed by atoms with Gasteiger partial charge in [0.05, 0.1) is 13.2 Å². The highest BCUT2D eigenvalue weighted by atomic mass is 32.2. The molecule has 0 aromatic heterocycles. The fourth-order valence-corrected chi connectivity index (χ4v) is 2.79. The molecule has 3 nitrogen and oxygen atoms in total. The van der Waals surface area contributed by atoms with E-state index in [2.05, 4.69) is 25.2 Å². The van der Waals surface area contributed by atoms with Gasteiger partial charge in [0, 0.05) is 22.9 Å². The molecule has 0 spiro atoms. The fourth-order valence-electron chi connectivity index (χ4n) is 2.15. The predicted molar refractivity (Wildman–Crippen MR) is 83.0 cm³/mol. The third-order valence-corrected chi connectivity index (χ3v) is 4.40. The van der Waals surface area contributed by atoms with Crippen LogP contribution in [0.1, 0.15) is 32.4 Å². The summed E-state index contributed by atoms with van der Waals surface area (Å²) in [6, 6.07) is 8.54. The largest absolute Gasteiger partial charge is 0.494 e. The van der Waals surface area contributed by atoms with E-state index in [4.69, 9.17) is 4.74 Å². The van der Waals surface area contributed by atoms with Crippen molar-refractivity contribution in [3.05, 3.63) is 29.8 Å². The molecule has 0 saturated heterocycles. The molecule has 3 unspecified atom stereocenters. The first-order valence-corrected chi connectivity index (χ1v) is 8.04. The van der Waals surface area contributed by atoms with Crippen LogP contribution in [-0.2, 0) is 0 Å². The molecule has 1 aromatic carbocycles. The van der Waals surface area contributed by atoms with Crippen LogP contribution in [0.4, 0.5) is 0 Å². The van der Waals surface area contributed by atoms with E-state index in [-0.39, 0.29) is 23.9 Å². The molecule has 3 atom stereocenters. The van der Waals surface area contributed by atoms with Gasteiger partial charge >= 0.3 is 0 Å². The lowest BCUT2D eigenvalue weighted by atomic mass is 10.1. The van der Waals surface area contributed by atoms with Gasteiger partial charge in [-0.25, -0.2) is 0 Å². The van der Waals surface area contributed by atoms with Gasteiger partial charge in [-0.15, -0.1) is 0 Å². The molecular formula is C15H25NO2S. The van der Waals surface area contributed by atoms with E-state index in [0.29, 0.717) is 6.61 Å². The second kappa shape index (κ2) is 8.46. The predicted octanol–water partition coefficient (Wildman–Crippen LogP) is 2.85. The van der Waals surface area contributed by atoms with Crippen LogP contribution in [0.25, 0.3) is 0 Å². The van der Waals surface area contributed by atoms with E-state index in [1.54, 1.807) is 11.8 Å². The minimum Gasteiger partial charge on any atom is -0.494 e. The van der Waals surface area contributed by atoms with E-state index in [0.717, 1.165) is 11.3 Å². The Kier molecular flexibility index (Phi) is 7.28. The van der Waals surface area contributed by atoms with Crippen LogP contribution < -0.4 is 10.1 Å². The van der Waals surface area contributed by atoms with Crippen LogP contribution in [0.3, 0.4) is 0 Å². The average Bonchev–Trinajstić information content (AvgIpc) is 2.41. The number of hydrogen-bond acceptors (Lipinski definition) is 4. The number of benzene rings is 1. The lowest BCUT2D eigenvalue weighted by Gasteiger charge is -2.26. The Morgan fingerprint density at radius 2 is 2.00 bits per heavy atom. The van der Waals surface area contributed by atoms with E-state index < -0.39 is 0 Å². The number of aliphatic hydroxyl groups is 1. The van der Waals surface area contributed by atoms with Crippen molar-refractivity contribution < 1.29 is 9.84 Å². The topological polar surface area (TPSA) is 41.5 Å². The SMILES string of the molecule is CCOc1ccccc1C(C)NC(C)C(CO)SC. The third-order valence-electron chi connectivity index (χ3n) is 3.24. The van der Waals surface area contributed by atoms with Gasteiger partial charge in [0.1, 0.15) is 5.75 Å². The van der Waals surface area contributed by atoms with Gasteiger partial charge in [0.15, 0.2) is 0 Å². The molecule has 1 aromatic rings. The van der Waals surface area contributed by atoms with Crippen molar-refractivity contribution in [2.45, 2.75) is 38.1 Å². The van der Waals surface area contributed by atoms with E-state index in [1.807, 2.05) is 31.4 Å². The Labute approximate surface area is 120 Å². The molecule has 0 aliphatic carbocycles. The number of rotatable bonds is 8. The highest BCUT2D eigenvalue weighted by Gasteiger charge is 2.19. The molecule has 0 aliphatic heterocycles. The Balaban J connectivity index is 2.74. The number of ether oxygens (including phenoxy) is 1. The minimum atomic E-state index is 0.190. The van der Waals surface area contributed by atoms with Crippen LogP contribution in [-0.4, -0.2) is 35.9 Å². The van der Waals surface area contributed by atoms with Crippen molar-refractivity contribution in [1.29, 1.82) is 0 Å². The summed E-state index contributed by atoms with van der Waals surface area (Å²) in [5.41, 5.74) is 1.16. The molecule has 0 fully saturated rings. The molecule has 0 heterocycles. The van der Waals surface area contributed by atoms with Gasteiger partial charge in [-0.3, -0.25) is 0 Å². The monoisotopic (exact) mass is 283 g/mol. The molecule has 0 saturated carbocycles. The molecule has 108 valence electrons. The summed E-state index contributed by atoms with van der Waals surface area (Å²) in [6.45, 7) is 7.09. The first-order chi connectivity index (χ1) is 9.13. The van der Waals surface area contributed by atoms with Crippen LogP contribution in [0.5, 0.6) is 5.75 Å². The second-order valence-corrected chi connectivity index (χ2v) is 5.68. The van der Waals surface area contributed by atoms with Crippen molar-refractivity contribution in [3.8, 4) is 5.75 Å². The molecular weight excluding hydrogens is 258 g/mol. The zero-order valence-electron chi connectivity index (χ0n) is 12.2. The summed E-state index contributed by atoms with van der Waals surface area (Å²) in [5.74, 6) is 0.932. The Bertz CT molecular complexity index is 369. The van der Waals surface area contributed by atoms with E-state index >= 15 is 0 Å². The van der Waals surface area contributed by atoms with Crippen LogP contribution >= 0.6 is 11.8 Å². The Hall–Kier alpha value is -0.710. The van der Waals surface area contributed by atoms with Gasteiger partial charge < -0.3 is 15.2 Å². The molecule has 1 rings (SSSR count). The standard InChI is InChI=1S/C15H25NO2S/c1-5-18-14-9-7-6-8-13(14)11(2)16-12(3)15(10-17)19-4/h6-9,11-12,15-17H,5,10H2,1-4H3. The normalized spacial score (nSPS) is 15.8.